The van der Waals surface area contributed by atoms with Crippen LogP contribution in [0, 0.1) is 0 Å². The second-order valence-corrected chi connectivity index (χ2v) is 24.7. The smallest absolute Gasteiger partial charge is 0.252 e. The Balaban J connectivity index is 1.58. The highest BCUT2D eigenvalue weighted by molar-refractivity contribution is 7.00. The van der Waals surface area contributed by atoms with Gasteiger partial charge in [-0.2, -0.15) is 0 Å². The Morgan fingerprint density at radius 2 is 0.746 bits per heavy atom. The second-order valence-electron chi connectivity index (χ2n) is 24.7. The molecule has 6 aromatic rings. The molecule has 63 heavy (non-hydrogen) atoms. The second kappa shape index (κ2) is 14.7. The van der Waals surface area contributed by atoms with E-state index in [2.05, 4.69) is 230 Å². The Morgan fingerprint density at radius 1 is 0.381 bits per heavy atom. The van der Waals surface area contributed by atoms with Gasteiger partial charge in [-0.15, -0.1) is 0 Å². The van der Waals surface area contributed by atoms with Crippen LogP contribution in [-0.2, 0) is 32.5 Å². The van der Waals surface area contributed by atoms with Gasteiger partial charge in [-0.1, -0.05) is 161 Å². The van der Waals surface area contributed by atoms with Crippen molar-refractivity contribution in [3.8, 4) is 11.3 Å². The van der Waals surface area contributed by atoms with Gasteiger partial charge in [0.2, 0.25) is 0 Å². The van der Waals surface area contributed by atoms with Crippen LogP contribution in [0.5, 0.6) is 0 Å². The average Bonchev–Trinajstić information content (AvgIpc) is 3.18. The minimum atomic E-state index is -0.0595. The fourth-order valence-electron chi connectivity index (χ4n) is 9.30. The maximum Gasteiger partial charge on any atom is 0.252 e. The summed E-state index contributed by atoms with van der Waals surface area (Å²) in [5, 5.41) is 0. The number of hydrogen-bond acceptors (Lipinski definition) is 4. The van der Waals surface area contributed by atoms with Crippen LogP contribution in [-0.4, -0.2) is 16.7 Å². The van der Waals surface area contributed by atoms with E-state index in [1.54, 1.807) is 6.33 Å². The molecule has 1 aromatic heterocycles. The van der Waals surface area contributed by atoms with Crippen molar-refractivity contribution in [3.05, 3.63) is 137 Å². The Morgan fingerprint density at radius 3 is 1.06 bits per heavy atom. The van der Waals surface area contributed by atoms with Gasteiger partial charge in [-0.25, -0.2) is 9.97 Å². The first-order valence-electron chi connectivity index (χ1n) is 23.2. The lowest BCUT2D eigenvalue weighted by molar-refractivity contribution is 0.568. The minimum Gasteiger partial charge on any atom is -0.311 e. The molecule has 0 N–H and O–H groups in total. The van der Waals surface area contributed by atoms with Crippen molar-refractivity contribution in [1.82, 2.24) is 9.97 Å². The van der Waals surface area contributed by atoms with Crippen LogP contribution in [0.2, 0.25) is 0 Å². The highest BCUT2D eigenvalue weighted by Crippen LogP contribution is 2.49. The van der Waals surface area contributed by atoms with E-state index in [4.69, 9.17) is 4.98 Å². The molecule has 4 nitrogen and oxygen atoms in total. The summed E-state index contributed by atoms with van der Waals surface area (Å²) in [4.78, 5) is 14.5. The first-order valence-corrected chi connectivity index (χ1v) is 23.2. The van der Waals surface area contributed by atoms with E-state index >= 15 is 0 Å². The molecule has 0 unspecified atom stereocenters. The molecule has 0 radical (unpaired) electrons. The predicted octanol–water partition coefficient (Wildman–Crippen LogP) is 14.0. The Labute approximate surface area is 380 Å². The fraction of sp³-hybridized carbons (Fsp3) is 0.414. The highest BCUT2D eigenvalue weighted by Gasteiger charge is 2.45. The number of nitrogens with zero attached hydrogens (tertiary/aromatic N) is 4. The van der Waals surface area contributed by atoms with Gasteiger partial charge in [0, 0.05) is 45.9 Å². The lowest BCUT2D eigenvalue weighted by Gasteiger charge is -2.45. The van der Waals surface area contributed by atoms with Crippen LogP contribution in [0.3, 0.4) is 0 Å². The van der Waals surface area contributed by atoms with Crippen molar-refractivity contribution in [1.29, 1.82) is 0 Å². The number of hydrogen-bond donors (Lipinski definition) is 0. The van der Waals surface area contributed by atoms with Crippen LogP contribution in [0.15, 0.2) is 104 Å². The van der Waals surface area contributed by atoms with Crippen LogP contribution < -0.4 is 26.2 Å². The summed E-state index contributed by atoms with van der Waals surface area (Å²) in [6.45, 7) is 42.1. The first kappa shape index (κ1) is 44.5. The van der Waals surface area contributed by atoms with E-state index in [9.17, 15) is 0 Å². The SMILES string of the molecule is CC(C)(C)c1cc(N2c3cc(C(C)(C)C)ccc3B3c4ccc(C(C)(C)C)cc4N(c4cc(C(C)(C)C)cc(C(C)(C)C)c4)c4cc(-c5ccncn5)cc2c43)cc(C(C)(C)C)c1. The standard InChI is InChI=1S/C58H71BN4/c1-53(2,3)37-19-21-45-48(33-37)62(43-29-39(55(7,8)9)27-40(30-43)56(10,11)12)50-25-36(47-23-24-60-35-61-47)26-51-52(50)59(45)46-22-20-38(54(4,5)6)34-49(46)63(51)44-31-41(57(13,14)15)28-42(32-44)58(16,17)18/h19-35H,1-18H3. The Bertz CT molecular complexity index is 2510. The summed E-state index contributed by atoms with van der Waals surface area (Å²) in [5.74, 6) is 0. The van der Waals surface area contributed by atoms with Crippen molar-refractivity contribution >= 4 is 57.2 Å². The van der Waals surface area contributed by atoms with E-state index in [1.165, 1.54) is 83.9 Å². The van der Waals surface area contributed by atoms with Gasteiger partial charge in [0.1, 0.15) is 6.33 Å². The fourth-order valence-corrected chi connectivity index (χ4v) is 9.30. The monoisotopic (exact) mass is 835 g/mol. The number of rotatable bonds is 3. The number of aromatic nitrogens is 2. The van der Waals surface area contributed by atoms with Gasteiger partial charge in [0.15, 0.2) is 0 Å². The Hall–Kier alpha value is -5.16. The van der Waals surface area contributed by atoms with Gasteiger partial charge in [0.05, 0.1) is 5.69 Å². The topological polar surface area (TPSA) is 32.3 Å². The average molecular weight is 835 g/mol. The molecule has 3 heterocycles. The molecule has 0 spiro atoms. The molecule has 0 saturated carbocycles. The van der Waals surface area contributed by atoms with Crippen molar-refractivity contribution in [2.75, 3.05) is 9.80 Å². The predicted molar refractivity (Wildman–Crippen MR) is 274 cm³/mol. The molecule has 0 bridgehead atoms. The lowest BCUT2D eigenvalue weighted by Crippen LogP contribution is -2.61. The van der Waals surface area contributed by atoms with E-state index in [1.807, 2.05) is 6.20 Å². The lowest BCUT2D eigenvalue weighted by atomic mass is 9.33. The molecule has 2 aliphatic heterocycles. The normalized spacial score (nSPS) is 14.4. The molecule has 2 aliphatic rings. The van der Waals surface area contributed by atoms with Crippen molar-refractivity contribution in [2.45, 2.75) is 157 Å². The van der Waals surface area contributed by atoms with Gasteiger partial charge < -0.3 is 9.80 Å². The number of benzene rings is 5. The zero-order valence-corrected chi connectivity index (χ0v) is 41.7. The largest absolute Gasteiger partial charge is 0.311 e. The molecule has 0 atom stereocenters. The van der Waals surface area contributed by atoms with E-state index in [-0.39, 0.29) is 39.2 Å². The van der Waals surface area contributed by atoms with E-state index in [0.29, 0.717) is 0 Å². The van der Waals surface area contributed by atoms with Crippen molar-refractivity contribution < 1.29 is 0 Å². The zero-order valence-electron chi connectivity index (χ0n) is 41.7. The number of fused-ring (bicyclic) bond motifs is 4. The molecule has 0 amide bonds. The van der Waals surface area contributed by atoms with Crippen LogP contribution in [0.1, 0.15) is 158 Å². The first-order chi connectivity index (χ1) is 29.0. The quantitative estimate of drug-likeness (QED) is 0.166. The van der Waals surface area contributed by atoms with Crippen LogP contribution in [0.4, 0.5) is 34.1 Å². The third-order valence-electron chi connectivity index (χ3n) is 13.5. The molecule has 0 aliphatic carbocycles. The molecule has 326 valence electrons. The minimum absolute atomic E-state index is 0.00393. The maximum atomic E-state index is 4.92. The summed E-state index contributed by atoms with van der Waals surface area (Å²) in [7, 11) is 0. The molecule has 8 rings (SSSR count). The Kier molecular flexibility index (Phi) is 10.4. The van der Waals surface area contributed by atoms with Gasteiger partial charge >= 0.3 is 0 Å². The highest BCUT2D eigenvalue weighted by atomic mass is 15.2. The number of anilines is 6. The van der Waals surface area contributed by atoms with Crippen LogP contribution >= 0.6 is 0 Å². The van der Waals surface area contributed by atoms with Crippen LogP contribution in [0.25, 0.3) is 11.3 Å². The molecular formula is C58H71BN4. The molecule has 0 saturated heterocycles. The van der Waals surface area contributed by atoms with Gasteiger partial charge in [-0.05, 0) is 137 Å². The summed E-state index contributed by atoms with van der Waals surface area (Å²) in [6, 6.07) is 36.3. The van der Waals surface area contributed by atoms with Crippen molar-refractivity contribution in [2.24, 2.45) is 0 Å². The van der Waals surface area contributed by atoms with E-state index in [0.717, 1.165) is 11.3 Å². The third-order valence-corrected chi connectivity index (χ3v) is 13.5. The summed E-state index contributed by atoms with van der Waals surface area (Å²) >= 11 is 0. The summed E-state index contributed by atoms with van der Waals surface area (Å²) in [6.07, 6.45) is 3.55. The summed E-state index contributed by atoms with van der Waals surface area (Å²) in [5.41, 5.74) is 20.8. The van der Waals surface area contributed by atoms with E-state index < -0.39 is 0 Å². The molecule has 0 fully saturated rings. The molecule has 5 heteroatoms. The van der Waals surface area contributed by atoms with Gasteiger partial charge in [-0.3, -0.25) is 0 Å². The third kappa shape index (κ3) is 8.15. The maximum absolute atomic E-state index is 4.92. The van der Waals surface area contributed by atoms with Gasteiger partial charge in [0.25, 0.3) is 6.71 Å². The van der Waals surface area contributed by atoms with Crippen molar-refractivity contribution in [3.63, 3.8) is 0 Å². The molecular weight excluding hydrogens is 763 g/mol. The summed E-state index contributed by atoms with van der Waals surface area (Å²) < 4.78 is 0. The molecule has 5 aromatic carbocycles. The zero-order chi connectivity index (χ0) is 46.0.